The first-order valence-electron chi connectivity index (χ1n) is 9.00. The number of amides is 2. The zero-order valence-electron chi connectivity index (χ0n) is 16.5. The maximum absolute atomic E-state index is 12.9. The Morgan fingerprint density at radius 1 is 1.00 bits per heavy atom. The standard InChI is InChI=1S/C20H15F6N3O2S/c1-9-3-4-11(16(30)27-8-19(21,22)23)7-13(9)28-17(31)15-10(2)12-5-6-14(20(24,25)26)29-18(12)32-15/h3-7H,8H2,1-2H3,(H,27,30)(H,28,31). The number of thiophene rings is 1. The number of benzene rings is 1. The second-order valence-electron chi connectivity index (χ2n) is 6.88. The smallest absolute Gasteiger partial charge is 0.343 e. The number of hydrogen-bond donors (Lipinski definition) is 2. The van der Waals surface area contributed by atoms with Gasteiger partial charge >= 0.3 is 12.4 Å². The molecule has 2 heterocycles. The van der Waals surface area contributed by atoms with Crippen LogP contribution in [-0.4, -0.2) is 29.5 Å². The van der Waals surface area contributed by atoms with Gasteiger partial charge in [-0.05, 0) is 49.2 Å². The van der Waals surface area contributed by atoms with Crippen molar-refractivity contribution in [2.75, 3.05) is 11.9 Å². The minimum absolute atomic E-state index is 0.0412. The Hall–Kier alpha value is -3.15. The van der Waals surface area contributed by atoms with Crippen LogP contribution in [0.4, 0.5) is 32.0 Å². The van der Waals surface area contributed by atoms with Crippen LogP contribution in [-0.2, 0) is 6.18 Å². The van der Waals surface area contributed by atoms with Gasteiger partial charge in [0.1, 0.15) is 17.1 Å². The third-order valence-electron chi connectivity index (χ3n) is 4.50. The summed E-state index contributed by atoms with van der Waals surface area (Å²) in [5.41, 5.74) is -0.0378. The van der Waals surface area contributed by atoms with Crippen LogP contribution < -0.4 is 10.6 Å². The zero-order valence-corrected chi connectivity index (χ0v) is 17.4. The van der Waals surface area contributed by atoms with E-state index in [1.165, 1.54) is 24.3 Å². The third-order valence-corrected chi connectivity index (χ3v) is 5.70. The second-order valence-corrected chi connectivity index (χ2v) is 7.88. The van der Waals surface area contributed by atoms with Crippen LogP contribution in [0.2, 0.25) is 0 Å². The molecule has 32 heavy (non-hydrogen) atoms. The number of anilines is 1. The van der Waals surface area contributed by atoms with E-state index in [0.717, 1.165) is 17.4 Å². The average Bonchev–Trinajstić information content (AvgIpc) is 3.03. The lowest BCUT2D eigenvalue weighted by molar-refractivity contribution is -0.141. The quantitative estimate of drug-likeness (QED) is 0.491. The van der Waals surface area contributed by atoms with Gasteiger partial charge in [0.25, 0.3) is 11.8 Å². The number of nitrogens with one attached hydrogen (secondary N) is 2. The molecule has 3 aromatic rings. The summed E-state index contributed by atoms with van der Waals surface area (Å²) in [7, 11) is 0. The fourth-order valence-corrected chi connectivity index (χ4v) is 3.91. The van der Waals surface area contributed by atoms with Crippen molar-refractivity contribution in [2.45, 2.75) is 26.2 Å². The van der Waals surface area contributed by atoms with Gasteiger partial charge in [-0.25, -0.2) is 4.98 Å². The van der Waals surface area contributed by atoms with Crippen LogP contribution in [0.5, 0.6) is 0 Å². The van der Waals surface area contributed by atoms with Gasteiger partial charge < -0.3 is 10.6 Å². The molecule has 2 amide bonds. The number of hydrogen-bond acceptors (Lipinski definition) is 4. The molecule has 0 bridgehead atoms. The molecule has 0 fully saturated rings. The molecule has 1 aromatic carbocycles. The van der Waals surface area contributed by atoms with Crippen LogP contribution in [0, 0.1) is 13.8 Å². The molecule has 170 valence electrons. The van der Waals surface area contributed by atoms with Crippen LogP contribution in [0.3, 0.4) is 0 Å². The summed E-state index contributed by atoms with van der Waals surface area (Å²) >= 11 is 0.781. The highest BCUT2D eigenvalue weighted by Crippen LogP contribution is 2.34. The van der Waals surface area contributed by atoms with Crippen molar-refractivity contribution >= 4 is 39.1 Å². The molecule has 0 aliphatic heterocycles. The molecule has 0 saturated carbocycles. The van der Waals surface area contributed by atoms with Gasteiger partial charge in [0.2, 0.25) is 0 Å². The molecule has 0 spiro atoms. The number of pyridine rings is 1. The number of halogens is 6. The molecule has 0 atom stereocenters. The minimum atomic E-state index is -4.63. The summed E-state index contributed by atoms with van der Waals surface area (Å²) in [6.45, 7) is 1.67. The van der Waals surface area contributed by atoms with Crippen LogP contribution in [0.25, 0.3) is 10.2 Å². The molecule has 0 radical (unpaired) electrons. The predicted octanol–water partition coefficient (Wildman–Crippen LogP) is 5.48. The largest absolute Gasteiger partial charge is 0.433 e. The maximum atomic E-state index is 12.9. The van der Waals surface area contributed by atoms with E-state index in [9.17, 15) is 35.9 Å². The molecule has 12 heteroatoms. The molecule has 0 unspecified atom stereocenters. The topological polar surface area (TPSA) is 71.1 Å². The monoisotopic (exact) mass is 475 g/mol. The number of alkyl halides is 6. The summed E-state index contributed by atoms with van der Waals surface area (Å²) in [4.78, 5) is 28.5. The van der Waals surface area contributed by atoms with Crippen LogP contribution in [0.1, 0.15) is 36.9 Å². The van der Waals surface area contributed by atoms with Crippen molar-refractivity contribution in [2.24, 2.45) is 0 Å². The number of aryl methyl sites for hydroxylation is 2. The first-order chi connectivity index (χ1) is 14.8. The van der Waals surface area contributed by atoms with Crippen molar-refractivity contribution in [3.8, 4) is 0 Å². The normalized spacial score (nSPS) is 12.1. The van der Waals surface area contributed by atoms with E-state index in [0.29, 0.717) is 16.5 Å². The van der Waals surface area contributed by atoms with Crippen molar-refractivity contribution in [1.82, 2.24) is 10.3 Å². The van der Waals surface area contributed by atoms with Gasteiger partial charge in [0, 0.05) is 16.6 Å². The van der Waals surface area contributed by atoms with Crippen molar-refractivity contribution < 1.29 is 35.9 Å². The zero-order chi connectivity index (χ0) is 23.8. The van der Waals surface area contributed by atoms with Gasteiger partial charge in [-0.2, -0.15) is 26.3 Å². The minimum Gasteiger partial charge on any atom is -0.343 e. The Morgan fingerprint density at radius 2 is 1.69 bits per heavy atom. The highest BCUT2D eigenvalue weighted by atomic mass is 32.1. The Morgan fingerprint density at radius 3 is 2.31 bits per heavy atom. The molecule has 2 aromatic heterocycles. The average molecular weight is 475 g/mol. The van der Waals surface area contributed by atoms with Gasteiger partial charge in [-0.15, -0.1) is 11.3 Å². The number of carbonyl (C=O) groups excluding carboxylic acids is 2. The molecular weight excluding hydrogens is 460 g/mol. The maximum Gasteiger partial charge on any atom is 0.433 e. The number of nitrogens with zero attached hydrogens (tertiary/aromatic N) is 1. The van der Waals surface area contributed by atoms with E-state index in [2.05, 4.69) is 10.3 Å². The molecule has 5 nitrogen and oxygen atoms in total. The number of carbonyl (C=O) groups is 2. The summed E-state index contributed by atoms with van der Waals surface area (Å²) in [5.74, 6) is -1.62. The van der Waals surface area contributed by atoms with E-state index in [1.807, 2.05) is 0 Å². The first kappa shape index (κ1) is 23.5. The summed E-state index contributed by atoms with van der Waals surface area (Å²) in [5, 5.41) is 4.69. The second kappa shape index (κ2) is 8.41. The Bertz CT molecular complexity index is 1200. The van der Waals surface area contributed by atoms with Gasteiger partial charge in [0.05, 0.1) is 4.88 Å². The van der Waals surface area contributed by atoms with E-state index in [4.69, 9.17) is 0 Å². The Kier molecular flexibility index (Phi) is 6.18. The fraction of sp³-hybridized carbons (Fsp3) is 0.250. The lowest BCUT2D eigenvalue weighted by Gasteiger charge is -2.12. The van der Waals surface area contributed by atoms with Crippen LogP contribution in [0.15, 0.2) is 30.3 Å². The van der Waals surface area contributed by atoms with Gasteiger partial charge in [-0.1, -0.05) is 6.07 Å². The highest BCUT2D eigenvalue weighted by molar-refractivity contribution is 7.20. The van der Waals surface area contributed by atoms with Crippen molar-refractivity contribution in [3.05, 3.63) is 57.6 Å². The van der Waals surface area contributed by atoms with Gasteiger partial charge in [0.15, 0.2) is 0 Å². The van der Waals surface area contributed by atoms with Crippen LogP contribution >= 0.6 is 11.3 Å². The summed E-state index contributed by atoms with van der Waals surface area (Å²) in [6, 6.07) is 6.06. The van der Waals surface area contributed by atoms with Gasteiger partial charge in [-0.3, -0.25) is 9.59 Å². The van der Waals surface area contributed by atoms with E-state index < -0.39 is 36.4 Å². The molecule has 3 rings (SSSR count). The lowest BCUT2D eigenvalue weighted by atomic mass is 10.1. The lowest BCUT2D eigenvalue weighted by Crippen LogP contribution is -2.33. The fourth-order valence-electron chi connectivity index (χ4n) is 2.83. The first-order valence-corrected chi connectivity index (χ1v) is 9.82. The van der Waals surface area contributed by atoms with E-state index >= 15 is 0 Å². The molecular formula is C20H15F6N3O2S. The predicted molar refractivity (Wildman–Crippen MR) is 107 cm³/mol. The van der Waals surface area contributed by atoms with E-state index in [-0.39, 0.29) is 21.0 Å². The number of rotatable bonds is 4. The summed E-state index contributed by atoms with van der Waals surface area (Å²) in [6.07, 6.45) is -9.20. The van der Waals surface area contributed by atoms with E-state index in [1.54, 1.807) is 19.2 Å². The SMILES string of the molecule is Cc1ccc(C(=O)NCC(F)(F)F)cc1NC(=O)c1sc2nc(C(F)(F)F)ccc2c1C. The number of aromatic nitrogens is 1. The van der Waals surface area contributed by atoms with Crippen molar-refractivity contribution in [1.29, 1.82) is 0 Å². The Labute approximate surface area is 181 Å². The molecule has 0 aliphatic rings. The van der Waals surface area contributed by atoms with Crippen molar-refractivity contribution in [3.63, 3.8) is 0 Å². The Balaban J connectivity index is 1.86. The number of fused-ring (bicyclic) bond motifs is 1. The summed E-state index contributed by atoms with van der Waals surface area (Å²) < 4.78 is 75.7. The molecule has 0 saturated heterocycles. The highest BCUT2D eigenvalue weighted by Gasteiger charge is 2.33. The molecule has 2 N–H and O–H groups in total. The third kappa shape index (κ3) is 5.18. The molecule has 0 aliphatic carbocycles.